The number of hydrogen-bond acceptors (Lipinski definition) is 3. The normalized spacial score (nSPS) is 13.3. The molecule has 0 radical (unpaired) electrons. The number of nitrogens with zero attached hydrogens (tertiary/aromatic N) is 2. The second-order valence-electron chi connectivity index (χ2n) is 13.1. The Labute approximate surface area is 290 Å². The molecule has 6 rings (SSSR count). The quantitative estimate of drug-likeness (QED) is 0.176. The lowest BCUT2D eigenvalue weighted by Crippen LogP contribution is -2.00. The summed E-state index contributed by atoms with van der Waals surface area (Å²) in [5.41, 5.74) is 23.4. The Balaban J connectivity index is 1.88. The zero-order chi connectivity index (χ0) is 34.3. The van der Waals surface area contributed by atoms with Gasteiger partial charge in [-0.1, -0.05) is 52.0 Å². The second-order valence-corrected chi connectivity index (χ2v) is 13.4. The third-order valence-corrected chi connectivity index (χ3v) is 10.7. The molecule has 3 aromatic heterocycles. The Kier molecular flexibility index (Phi) is 9.83. The van der Waals surface area contributed by atoms with Crippen LogP contribution in [-0.2, 0) is 30.6 Å². The van der Waals surface area contributed by atoms with Gasteiger partial charge >= 0.3 is 0 Å². The van der Waals surface area contributed by atoms with Gasteiger partial charge in [0.1, 0.15) is 0 Å². The van der Waals surface area contributed by atoms with Crippen LogP contribution in [-0.4, -0.2) is 32.9 Å². The van der Waals surface area contributed by atoms with E-state index in [1.165, 1.54) is 50.1 Å². The maximum Gasteiger partial charge on any atom is 0.0726 e. The highest BCUT2D eigenvalue weighted by Crippen LogP contribution is 2.41. The zero-order valence-electron chi connectivity index (χ0n) is 30.1. The van der Waals surface area contributed by atoms with Gasteiger partial charge in [-0.3, -0.25) is 0 Å². The molecule has 5 nitrogen and oxygen atoms in total. The Morgan fingerprint density at radius 3 is 1.54 bits per heavy atom. The first-order valence-corrected chi connectivity index (χ1v) is 18.1. The van der Waals surface area contributed by atoms with Gasteiger partial charge in [0.15, 0.2) is 0 Å². The van der Waals surface area contributed by atoms with Crippen LogP contribution >= 0.6 is 11.6 Å². The van der Waals surface area contributed by atoms with Crippen molar-refractivity contribution in [3.05, 3.63) is 92.6 Å². The number of fused-ring (bicyclic) bond motifs is 8. The van der Waals surface area contributed by atoms with Gasteiger partial charge in [-0.05, 0) is 128 Å². The molecule has 250 valence electrons. The smallest absolute Gasteiger partial charge is 0.0726 e. The van der Waals surface area contributed by atoms with Crippen LogP contribution in [0.5, 0.6) is 0 Å². The second kappa shape index (κ2) is 13.9. The molecule has 5 heterocycles. The van der Waals surface area contributed by atoms with Gasteiger partial charge in [0.05, 0.1) is 40.4 Å². The van der Waals surface area contributed by atoms with Gasteiger partial charge in [-0.15, -0.1) is 11.6 Å². The molecule has 0 atom stereocenters. The highest BCUT2D eigenvalue weighted by molar-refractivity contribution is 6.18. The lowest BCUT2D eigenvalue weighted by Gasteiger charge is -2.10. The van der Waals surface area contributed by atoms with Gasteiger partial charge < -0.3 is 14.7 Å². The lowest BCUT2D eigenvalue weighted by atomic mass is 9.94. The minimum absolute atomic E-state index is 0.514. The molecule has 48 heavy (non-hydrogen) atoms. The van der Waals surface area contributed by atoms with Crippen molar-refractivity contribution in [1.29, 1.82) is 0 Å². The molecule has 0 aliphatic carbocycles. The van der Waals surface area contributed by atoms with Crippen LogP contribution in [0.3, 0.4) is 0 Å². The maximum absolute atomic E-state index is 6.52. The number of H-pyrrole nitrogens is 2. The first kappa shape index (κ1) is 34.0. The fourth-order valence-electron chi connectivity index (χ4n) is 7.83. The van der Waals surface area contributed by atoms with E-state index in [4.69, 9.17) is 26.3 Å². The minimum Gasteiger partial charge on any atom is -0.380 e. The standard InChI is InChI=1S/C42H49ClN4O/c1-10-29-23(5)34-20-36-25(7)31(12-3)41(46-36)38(28-16-14-27(15-17-28)22-48-9)42-32(13-4)26(8)37(47-42)21-35-24(6)30(11-2)40(45-35)33(18-19-43)39(29)44-34/h14-17,20-21,46-47H,10-13,18-19,22H2,1-9H3. The molecule has 0 saturated carbocycles. The van der Waals surface area contributed by atoms with Gasteiger partial charge in [0.2, 0.25) is 0 Å². The number of hydrogen-bond donors (Lipinski definition) is 2. The molecule has 0 spiro atoms. The van der Waals surface area contributed by atoms with Gasteiger partial charge in [-0.25, -0.2) is 9.97 Å². The summed E-state index contributed by atoms with van der Waals surface area (Å²) in [6.07, 6.45) is 4.31. The van der Waals surface area contributed by atoms with Crippen molar-refractivity contribution < 1.29 is 4.74 Å². The summed E-state index contributed by atoms with van der Waals surface area (Å²) in [5.74, 6) is 0.514. The average molecular weight is 661 g/mol. The minimum atomic E-state index is 0.514. The molecule has 2 aliphatic heterocycles. The Morgan fingerprint density at radius 2 is 1.15 bits per heavy atom. The summed E-state index contributed by atoms with van der Waals surface area (Å²) < 4.78 is 5.45. The van der Waals surface area contributed by atoms with Gasteiger partial charge in [0.25, 0.3) is 0 Å². The van der Waals surface area contributed by atoms with Crippen LogP contribution in [0.2, 0.25) is 0 Å². The van der Waals surface area contributed by atoms with E-state index in [2.05, 4.69) is 102 Å². The van der Waals surface area contributed by atoms with E-state index < -0.39 is 0 Å². The van der Waals surface area contributed by atoms with E-state index in [1.54, 1.807) is 7.11 Å². The van der Waals surface area contributed by atoms with E-state index in [0.29, 0.717) is 18.9 Å². The summed E-state index contributed by atoms with van der Waals surface area (Å²) in [4.78, 5) is 18.7. The molecule has 0 saturated heterocycles. The molecular formula is C42H49ClN4O. The average Bonchev–Trinajstić information content (AvgIpc) is 3.77. The van der Waals surface area contributed by atoms with Crippen LogP contribution in [0.25, 0.3) is 55.5 Å². The number of halogens is 1. The number of aryl methyl sites for hydroxylation is 4. The third kappa shape index (κ3) is 5.65. The third-order valence-electron chi connectivity index (χ3n) is 10.5. The van der Waals surface area contributed by atoms with Crippen LogP contribution in [0.1, 0.15) is 111 Å². The summed E-state index contributed by atoms with van der Waals surface area (Å²) >= 11 is 6.52. The predicted molar refractivity (Wildman–Crippen MR) is 205 cm³/mol. The number of methoxy groups -OCH3 is 1. The highest BCUT2D eigenvalue weighted by atomic mass is 35.5. The monoisotopic (exact) mass is 660 g/mol. The van der Waals surface area contributed by atoms with E-state index in [1.807, 2.05) is 0 Å². The largest absolute Gasteiger partial charge is 0.380 e. The molecule has 0 amide bonds. The Bertz CT molecular complexity index is 2000. The fraction of sp³-hybridized carbons (Fsp3) is 0.381. The topological polar surface area (TPSA) is 66.6 Å². The molecule has 6 heteroatoms. The van der Waals surface area contributed by atoms with E-state index in [9.17, 15) is 0 Å². The molecule has 8 bridgehead atoms. The number of nitrogens with one attached hydrogen (secondary N) is 2. The fourth-order valence-corrected chi connectivity index (χ4v) is 8.01. The summed E-state index contributed by atoms with van der Waals surface area (Å²) in [6.45, 7) is 18.5. The van der Waals surface area contributed by atoms with Crippen molar-refractivity contribution in [2.24, 2.45) is 0 Å². The van der Waals surface area contributed by atoms with Crippen LogP contribution in [0.15, 0.2) is 36.4 Å². The molecule has 2 N–H and O–H groups in total. The van der Waals surface area contributed by atoms with Crippen molar-refractivity contribution in [3.63, 3.8) is 0 Å². The molecule has 0 fully saturated rings. The Hall–Kier alpha value is -3.93. The number of ether oxygens (including phenoxy) is 1. The van der Waals surface area contributed by atoms with Gasteiger partial charge in [0, 0.05) is 35.2 Å². The van der Waals surface area contributed by atoms with E-state index >= 15 is 0 Å². The van der Waals surface area contributed by atoms with Crippen LogP contribution < -0.4 is 0 Å². The molecular weight excluding hydrogens is 612 g/mol. The van der Waals surface area contributed by atoms with E-state index in [-0.39, 0.29) is 0 Å². The number of allylic oxidation sites excluding steroid dienone is 4. The SMILES string of the molecule is CCC1=C(C)c2cc3[nH]c(c(CC)c3C)c(-c3ccc(COC)cc3)c3[nH]c(cc4nc(c(CCCl)c1n2)C(CC)=C4C)c(C)c3CC. The molecule has 0 unspecified atom stereocenters. The highest BCUT2D eigenvalue weighted by Gasteiger charge is 2.26. The van der Waals surface area contributed by atoms with Crippen molar-refractivity contribution in [3.8, 4) is 11.1 Å². The number of rotatable bonds is 9. The summed E-state index contributed by atoms with van der Waals surface area (Å²) in [7, 11) is 1.74. The summed E-state index contributed by atoms with van der Waals surface area (Å²) in [6, 6.07) is 13.3. The first-order valence-electron chi connectivity index (χ1n) is 17.5. The molecule has 2 aliphatic rings. The van der Waals surface area contributed by atoms with Crippen molar-refractivity contribution in [2.75, 3.05) is 13.0 Å². The molecule has 1 aromatic carbocycles. The predicted octanol–water partition coefficient (Wildman–Crippen LogP) is 11.3. The Morgan fingerprint density at radius 1 is 0.667 bits per heavy atom. The zero-order valence-corrected chi connectivity index (χ0v) is 30.9. The summed E-state index contributed by atoms with van der Waals surface area (Å²) in [5, 5.41) is 0. The van der Waals surface area contributed by atoms with E-state index in [0.717, 1.165) is 87.2 Å². The number of benzene rings is 1. The first-order chi connectivity index (χ1) is 23.2. The van der Waals surface area contributed by atoms with Crippen LogP contribution in [0.4, 0.5) is 0 Å². The van der Waals surface area contributed by atoms with Gasteiger partial charge in [-0.2, -0.15) is 0 Å². The maximum atomic E-state index is 6.52. The number of aromatic nitrogens is 4. The van der Waals surface area contributed by atoms with Crippen molar-refractivity contribution in [2.45, 2.75) is 94.1 Å². The molecule has 4 aromatic rings. The number of aromatic amines is 2. The lowest BCUT2D eigenvalue weighted by molar-refractivity contribution is 0.185. The number of alkyl halides is 1. The van der Waals surface area contributed by atoms with Crippen molar-refractivity contribution >= 4 is 56.0 Å². The van der Waals surface area contributed by atoms with Crippen LogP contribution in [0, 0.1) is 13.8 Å². The van der Waals surface area contributed by atoms with Crippen molar-refractivity contribution in [1.82, 2.24) is 19.9 Å².